The summed E-state index contributed by atoms with van der Waals surface area (Å²) in [4.78, 5) is 38.6. The topological polar surface area (TPSA) is 129 Å². The summed E-state index contributed by atoms with van der Waals surface area (Å²) in [6.07, 6.45) is 3.68. The lowest BCUT2D eigenvalue weighted by atomic mass is 10.0. The highest BCUT2D eigenvalue weighted by Crippen LogP contribution is 2.17. The third-order valence-corrected chi connectivity index (χ3v) is 7.30. The lowest BCUT2D eigenvalue weighted by Crippen LogP contribution is -2.45. The highest BCUT2D eigenvalue weighted by Gasteiger charge is 2.23. The fourth-order valence-electron chi connectivity index (χ4n) is 5.13. The van der Waals surface area contributed by atoms with Gasteiger partial charge in [0, 0.05) is 63.5 Å². The van der Waals surface area contributed by atoms with Crippen molar-refractivity contribution in [3.05, 3.63) is 59.7 Å². The number of nitrogens with one attached hydrogen (secondary N) is 3. The van der Waals surface area contributed by atoms with Crippen LogP contribution in [0.5, 0.6) is 0 Å². The van der Waals surface area contributed by atoms with Gasteiger partial charge in [0.05, 0.1) is 0 Å². The second-order valence-corrected chi connectivity index (χ2v) is 12.6. The van der Waals surface area contributed by atoms with Crippen LogP contribution in [-0.4, -0.2) is 71.6 Å². The molecule has 2 saturated heterocycles. The monoisotopic (exact) mass is 630 g/mol. The van der Waals surface area contributed by atoms with E-state index >= 15 is 0 Å². The van der Waals surface area contributed by atoms with E-state index in [1.165, 1.54) is 25.0 Å². The van der Waals surface area contributed by atoms with Gasteiger partial charge in [-0.3, -0.25) is 19.4 Å². The molecule has 2 aliphatic heterocycles. The Morgan fingerprint density at radius 2 is 1.14 bits per heavy atom. The molecule has 3 amide bonds. The first-order valence-corrected chi connectivity index (χ1v) is 15.3. The average Bonchev–Trinajstić information content (AvgIpc) is 2.92. The number of piperidine rings is 2. The summed E-state index contributed by atoms with van der Waals surface area (Å²) >= 11 is 0. The number of hydrogen-bond acceptors (Lipinski definition) is 7. The largest absolute Gasteiger partial charge is 0.444 e. The maximum Gasteiger partial charge on any atom is 0.407 e. The molecule has 44 heavy (non-hydrogen) atoms. The average molecular weight is 631 g/mol. The first kappa shape index (κ1) is 37.0. The van der Waals surface area contributed by atoms with Gasteiger partial charge >= 0.3 is 6.09 Å². The van der Waals surface area contributed by atoms with Crippen LogP contribution < -0.4 is 21.7 Å². The van der Waals surface area contributed by atoms with E-state index in [0.717, 1.165) is 76.3 Å². The zero-order valence-electron chi connectivity index (χ0n) is 26.9. The minimum absolute atomic E-state index is 0. The molecule has 0 radical (unpaired) electrons. The molecule has 0 unspecified atom stereocenters. The fraction of sp³-hybridized carbons (Fsp3) is 0.545. The number of anilines is 2. The number of nitrogens with zero attached hydrogens (tertiary/aromatic N) is 2. The highest BCUT2D eigenvalue weighted by molar-refractivity contribution is 5.89. The Balaban J connectivity index is 0.000000315. The number of alkyl carbamates (subject to hydrolysis) is 1. The Hall–Kier alpha value is -3.18. The third kappa shape index (κ3) is 14.5. The molecule has 0 saturated carbocycles. The minimum Gasteiger partial charge on any atom is -0.444 e. The highest BCUT2D eigenvalue weighted by atomic mass is 35.5. The van der Waals surface area contributed by atoms with E-state index in [0.29, 0.717) is 6.04 Å². The van der Waals surface area contributed by atoms with Crippen LogP contribution in [0, 0.1) is 0 Å². The van der Waals surface area contributed by atoms with Crippen molar-refractivity contribution in [3.63, 3.8) is 0 Å². The summed E-state index contributed by atoms with van der Waals surface area (Å²) in [6.45, 7) is 14.5. The molecule has 2 heterocycles. The molecule has 0 atom stereocenters. The second-order valence-electron chi connectivity index (χ2n) is 12.6. The number of benzene rings is 2. The minimum atomic E-state index is -0.464. The quantitative estimate of drug-likeness (QED) is 0.334. The summed E-state index contributed by atoms with van der Waals surface area (Å²) in [5.74, 6) is -0.0972. The maximum absolute atomic E-state index is 11.8. The lowest BCUT2D eigenvalue weighted by Gasteiger charge is -2.32. The summed E-state index contributed by atoms with van der Waals surface area (Å²) in [5, 5.41) is 8.50. The number of likely N-dealkylation sites (tertiary alicyclic amines) is 2. The van der Waals surface area contributed by atoms with Crippen molar-refractivity contribution in [2.45, 2.75) is 91.1 Å². The van der Waals surface area contributed by atoms with Crippen LogP contribution >= 0.6 is 12.4 Å². The summed E-state index contributed by atoms with van der Waals surface area (Å²) < 4.78 is 5.31. The van der Waals surface area contributed by atoms with Crippen LogP contribution in [0.4, 0.5) is 16.2 Å². The Labute approximate surface area is 268 Å². The lowest BCUT2D eigenvalue weighted by molar-refractivity contribution is -0.115. The van der Waals surface area contributed by atoms with E-state index in [9.17, 15) is 14.4 Å². The number of carbonyl (C=O) groups excluding carboxylic acids is 3. The molecule has 5 N–H and O–H groups in total. The molecule has 2 fully saturated rings. The summed E-state index contributed by atoms with van der Waals surface area (Å²) in [5.41, 5.74) is 9.59. The Morgan fingerprint density at radius 3 is 1.50 bits per heavy atom. The normalized spacial score (nSPS) is 16.5. The molecule has 4 rings (SSSR count). The molecular formula is C33H51ClN6O4. The zero-order chi connectivity index (χ0) is 31.4. The van der Waals surface area contributed by atoms with Gasteiger partial charge in [0.15, 0.2) is 0 Å². The van der Waals surface area contributed by atoms with Gasteiger partial charge in [0.2, 0.25) is 11.8 Å². The molecule has 2 aliphatic rings. The summed E-state index contributed by atoms with van der Waals surface area (Å²) in [6, 6.07) is 16.5. The van der Waals surface area contributed by atoms with E-state index in [1.54, 1.807) is 0 Å². The van der Waals surface area contributed by atoms with Gasteiger partial charge in [0.25, 0.3) is 0 Å². The Bertz CT molecular complexity index is 1170. The molecular weight excluding hydrogens is 580 g/mol. The van der Waals surface area contributed by atoms with Gasteiger partial charge < -0.3 is 26.4 Å². The molecule has 0 bridgehead atoms. The van der Waals surface area contributed by atoms with E-state index in [2.05, 4.69) is 37.9 Å². The van der Waals surface area contributed by atoms with Crippen LogP contribution in [-0.2, 0) is 27.4 Å². The van der Waals surface area contributed by atoms with Crippen LogP contribution in [0.15, 0.2) is 48.5 Å². The molecule has 11 heteroatoms. The van der Waals surface area contributed by atoms with E-state index in [4.69, 9.17) is 10.5 Å². The van der Waals surface area contributed by atoms with E-state index in [-0.39, 0.29) is 36.4 Å². The fourth-order valence-corrected chi connectivity index (χ4v) is 5.13. The first-order chi connectivity index (χ1) is 20.3. The molecule has 2 aromatic carbocycles. The zero-order valence-corrected chi connectivity index (χ0v) is 27.7. The van der Waals surface area contributed by atoms with Gasteiger partial charge in [-0.1, -0.05) is 24.3 Å². The first-order valence-electron chi connectivity index (χ1n) is 15.3. The standard InChI is InChI=1S/C19H29N3O3.C14H21N3O.ClH/c1-14(23)20-16-7-5-15(6-8-16)13-22-11-9-17(10-12-22)21-18(24)25-19(2,3)4;1-11(18)16-14-4-2-12(3-5-14)10-17-8-6-13(15)7-9-17;/h5-8,17H,9-13H2,1-4H3,(H,20,23)(H,21,24);2-5,13H,6-10,15H2,1H3,(H,16,18);1H. The third-order valence-electron chi connectivity index (χ3n) is 7.30. The number of halogens is 1. The number of amides is 3. The van der Waals surface area contributed by atoms with Gasteiger partial charge in [-0.15, -0.1) is 12.4 Å². The Kier molecular flexibility index (Phi) is 15.1. The van der Waals surface area contributed by atoms with Crippen LogP contribution in [0.1, 0.15) is 71.4 Å². The van der Waals surface area contributed by atoms with Crippen molar-refractivity contribution in [1.29, 1.82) is 0 Å². The molecule has 0 aromatic heterocycles. The van der Waals surface area contributed by atoms with E-state index in [1.807, 2.05) is 57.2 Å². The Morgan fingerprint density at radius 1 is 0.750 bits per heavy atom. The maximum atomic E-state index is 11.8. The van der Waals surface area contributed by atoms with Crippen molar-refractivity contribution < 1.29 is 19.1 Å². The van der Waals surface area contributed by atoms with Crippen molar-refractivity contribution in [1.82, 2.24) is 15.1 Å². The number of ether oxygens (including phenoxy) is 1. The smallest absolute Gasteiger partial charge is 0.407 e. The van der Waals surface area contributed by atoms with Gasteiger partial charge in [-0.2, -0.15) is 0 Å². The SMILES string of the molecule is CC(=O)Nc1ccc(CN2CCC(N)CC2)cc1.CC(=O)Nc1ccc(CN2CCC(NC(=O)OC(C)(C)C)CC2)cc1.Cl. The molecule has 244 valence electrons. The number of nitrogens with two attached hydrogens (primary N) is 1. The van der Waals surface area contributed by atoms with Crippen molar-refractivity contribution in [2.24, 2.45) is 5.73 Å². The van der Waals surface area contributed by atoms with Crippen LogP contribution in [0.3, 0.4) is 0 Å². The number of carbonyl (C=O) groups is 3. The number of rotatable bonds is 7. The number of hydrogen-bond donors (Lipinski definition) is 4. The molecule has 2 aromatic rings. The molecule has 0 spiro atoms. The molecule has 10 nitrogen and oxygen atoms in total. The van der Waals surface area contributed by atoms with Crippen molar-refractivity contribution >= 4 is 41.7 Å². The second kappa shape index (κ2) is 17.9. The predicted octanol–water partition coefficient (Wildman–Crippen LogP) is 5.12. The predicted molar refractivity (Wildman–Crippen MR) is 179 cm³/mol. The molecule has 0 aliphatic carbocycles. The van der Waals surface area contributed by atoms with Gasteiger partial charge in [-0.05, 0) is 94.9 Å². The van der Waals surface area contributed by atoms with Crippen LogP contribution in [0.2, 0.25) is 0 Å². The van der Waals surface area contributed by atoms with Gasteiger partial charge in [0.1, 0.15) is 5.60 Å². The van der Waals surface area contributed by atoms with Crippen molar-refractivity contribution in [3.8, 4) is 0 Å². The van der Waals surface area contributed by atoms with Crippen molar-refractivity contribution in [2.75, 3.05) is 36.8 Å². The summed E-state index contributed by atoms with van der Waals surface area (Å²) in [7, 11) is 0. The van der Waals surface area contributed by atoms with Gasteiger partial charge in [-0.25, -0.2) is 4.79 Å². The van der Waals surface area contributed by atoms with E-state index < -0.39 is 5.60 Å². The van der Waals surface area contributed by atoms with Crippen LogP contribution in [0.25, 0.3) is 0 Å².